The standard InChI is InChI=1S/C9H16O2/c1-6-3-4-8(9(10)11)5-7(6)2/h6-8H,3-5H2,1-2H3,(H,10,11)/t6-,7-,8-/m1/s1. The number of aliphatic carboxylic acids is 1. The number of hydrogen-bond acceptors (Lipinski definition) is 1. The maximum Gasteiger partial charge on any atom is 0.306 e. The summed E-state index contributed by atoms with van der Waals surface area (Å²) in [5, 5.41) is 8.74. The van der Waals surface area contributed by atoms with Gasteiger partial charge in [-0.1, -0.05) is 13.8 Å². The molecule has 1 fully saturated rings. The van der Waals surface area contributed by atoms with E-state index in [2.05, 4.69) is 13.8 Å². The van der Waals surface area contributed by atoms with Crippen LogP contribution in [0.3, 0.4) is 0 Å². The van der Waals surface area contributed by atoms with Gasteiger partial charge in [0.2, 0.25) is 0 Å². The number of carboxylic acids is 1. The first kappa shape index (κ1) is 8.57. The molecular weight excluding hydrogens is 140 g/mol. The van der Waals surface area contributed by atoms with E-state index in [1.165, 1.54) is 0 Å². The fourth-order valence-electron chi connectivity index (χ4n) is 1.77. The molecule has 64 valence electrons. The topological polar surface area (TPSA) is 37.3 Å². The van der Waals surface area contributed by atoms with Crippen LogP contribution in [0.15, 0.2) is 0 Å². The van der Waals surface area contributed by atoms with Crippen molar-refractivity contribution in [1.29, 1.82) is 0 Å². The summed E-state index contributed by atoms with van der Waals surface area (Å²) in [6.07, 6.45) is 2.83. The van der Waals surface area contributed by atoms with Gasteiger partial charge in [0.05, 0.1) is 5.92 Å². The van der Waals surface area contributed by atoms with Crippen LogP contribution in [-0.2, 0) is 4.79 Å². The van der Waals surface area contributed by atoms with Gasteiger partial charge in [0, 0.05) is 0 Å². The molecule has 0 heterocycles. The molecule has 1 N–H and O–H groups in total. The summed E-state index contributed by atoms with van der Waals surface area (Å²) in [7, 11) is 0. The SMILES string of the molecule is C[C@@H]1CC[C@@H](C(=O)O)C[C@H]1C. The van der Waals surface area contributed by atoms with Crippen LogP contribution in [0, 0.1) is 17.8 Å². The van der Waals surface area contributed by atoms with Crippen molar-refractivity contribution in [1.82, 2.24) is 0 Å². The molecule has 0 saturated heterocycles. The normalized spacial score (nSPS) is 38.5. The summed E-state index contributed by atoms with van der Waals surface area (Å²) in [5.74, 6) is 0.625. The second-order valence-electron chi connectivity index (χ2n) is 3.80. The number of rotatable bonds is 1. The number of carboxylic acid groups (broad SMARTS) is 1. The molecular formula is C9H16O2. The van der Waals surface area contributed by atoms with E-state index in [-0.39, 0.29) is 5.92 Å². The Bertz CT molecular complexity index is 154. The molecule has 0 amide bonds. The van der Waals surface area contributed by atoms with E-state index < -0.39 is 5.97 Å². The second kappa shape index (κ2) is 3.24. The molecule has 0 aromatic carbocycles. The monoisotopic (exact) mass is 156 g/mol. The van der Waals surface area contributed by atoms with Crippen LogP contribution in [0.25, 0.3) is 0 Å². The van der Waals surface area contributed by atoms with Crippen LogP contribution >= 0.6 is 0 Å². The predicted molar refractivity (Wildman–Crippen MR) is 43.3 cm³/mol. The van der Waals surface area contributed by atoms with Gasteiger partial charge in [0.1, 0.15) is 0 Å². The zero-order valence-electron chi connectivity index (χ0n) is 7.21. The third-order valence-electron chi connectivity index (χ3n) is 2.95. The molecule has 0 aliphatic heterocycles. The van der Waals surface area contributed by atoms with Crippen LogP contribution in [0.4, 0.5) is 0 Å². The minimum absolute atomic E-state index is 0.0683. The lowest BCUT2D eigenvalue weighted by Gasteiger charge is -2.29. The van der Waals surface area contributed by atoms with Crippen molar-refractivity contribution in [2.24, 2.45) is 17.8 Å². The first-order valence-electron chi connectivity index (χ1n) is 4.34. The lowest BCUT2D eigenvalue weighted by atomic mass is 9.76. The molecule has 11 heavy (non-hydrogen) atoms. The first-order valence-corrected chi connectivity index (χ1v) is 4.34. The minimum Gasteiger partial charge on any atom is -0.481 e. The van der Waals surface area contributed by atoms with Gasteiger partial charge >= 0.3 is 5.97 Å². The van der Waals surface area contributed by atoms with E-state index in [1.807, 2.05) is 0 Å². The third kappa shape index (κ3) is 1.95. The van der Waals surface area contributed by atoms with Gasteiger partial charge in [-0.05, 0) is 31.1 Å². The van der Waals surface area contributed by atoms with E-state index in [0.717, 1.165) is 19.3 Å². The summed E-state index contributed by atoms with van der Waals surface area (Å²) in [5.41, 5.74) is 0. The predicted octanol–water partition coefficient (Wildman–Crippen LogP) is 2.14. The van der Waals surface area contributed by atoms with Gasteiger partial charge in [0.25, 0.3) is 0 Å². The highest BCUT2D eigenvalue weighted by atomic mass is 16.4. The number of hydrogen-bond donors (Lipinski definition) is 1. The fraction of sp³-hybridized carbons (Fsp3) is 0.889. The average Bonchev–Trinajstić information content (AvgIpc) is 1.94. The van der Waals surface area contributed by atoms with Crippen LogP contribution < -0.4 is 0 Å². The lowest BCUT2D eigenvalue weighted by Crippen LogP contribution is -2.25. The van der Waals surface area contributed by atoms with Crippen molar-refractivity contribution in [2.75, 3.05) is 0 Å². The van der Waals surface area contributed by atoms with Crippen LogP contribution in [0.1, 0.15) is 33.1 Å². The molecule has 2 heteroatoms. The Hall–Kier alpha value is -0.530. The van der Waals surface area contributed by atoms with Crippen LogP contribution in [0.2, 0.25) is 0 Å². The number of carbonyl (C=O) groups is 1. The largest absolute Gasteiger partial charge is 0.481 e. The van der Waals surface area contributed by atoms with Gasteiger partial charge in [-0.15, -0.1) is 0 Å². The zero-order valence-corrected chi connectivity index (χ0v) is 7.21. The Morgan fingerprint density at radius 3 is 2.36 bits per heavy atom. The highest BCUT2D eigenvalue weighted by Crippen LogP contribution is 2.33. The molecule has 1 saturated carbocycles. The molecule has 0 aromatic heterocycles. The molecule has 0 spiro atoms. The van der Waals surface area contributed by atoms with Gasteiger partial charge in [-0.25, -0.2) is 0 Å². The Morgan fingerprint density at radius 2 is 1.91 bits per heavy atom. The van der Waals surface area contributed by atoms with Gasteiger partial charge in [-0.2, -0.15) is 0 Å². The maximum absolute atomic E-state index is 10.6. The minimum atomic E-state index is -0.608. The van der Waals surface area contributed by atoms with E-state index in [9.17, 15) is 4.79 Å². The molecule has 1 rings (SSSR count). The van der Waals surface area contributed by atoms with Crippen molar-refractivity contribution >= 4 is 5.97 Å². The van der Waals surface area contributed by atoms with Crippen molar-refractivity contribution in [3.05, 3.63) is 0 Å². The third-order valence-corrected chi connectivity index (χ3v) is 2.95. The smallest absolute Gasteiger partial charge is 0.306 e. The zero-order chi connectivity index (χ0) is 8.43. The maximum atomic E-state index is 10.6. The van der Waals surface area contributed by atoms with Crippen molar-refractivity contribution in [3.8, 4) is 0 Å². The highest BCUT2D eigenvalue weighted by Gasteiger charge is 2.28. The van der Waals surface area contributed by atoms with Gasteiger partial charge in [-0.3, -0.25) is 4.79 Å². The molecule has 0 unspecified atom stereocenters. The summed E-state index contributed by atoms with van der Waals surface area (Å²) in [4.78, 5) is 10.6. The van der Waals surface area contributed by atoms with Crippen molar-refractivity contribution < 1.29 is 9.90 Å². The van der Waals surface area contributed by atoms with Gasteiger partial charge < -0.3 is 5.11 Å². The molecule has 3 atom stereocenters. The Labute approximate surface area is 67.6 Å². The van der Waals surface area contributed by atoms with E-state index in [0.29, 0.717) is 11.8 Å². The first-order chi connectivity index (χ1) is 5.11. The highest BCUT2D eigenvalue weighted by molar-refractivity contribution is 5.70. The second-order valence-corrected chi connectivity index (χ2v) is 3.80. The van der Waals surface area contributed by atoms with Crippen molar-refractivity contribution in [3.63, 3.8) is 0 Å². The molecule has 1 aliphatic rings. The van der Waals surface area contributed by atoms with Crippen LogP contribution in [0.5, 0.6) is 0 Å². The molecule has 0 radical (unpaired) electrons. The van der Waals surface area contributed by atoms with Crippen LogP contribution in [-0.4, -0.2) is 11.1 Å². The molecule has 1 aliphatic carbocycles. The Balaban J connectivity index is 2.46. The lowest BCUT2D eigenvalue weighted by molar-refractivity contribution is -0.143. The summed E-state index contributed by atoms with van der Waals surface area (Å²) >= 11 is 0. The fourth-order valence-corrected chi connectivity index (χ4v) is 1.77. The van der Waals surface area contributed by atoms with E-state index in [1.54, 1.807) is 0 Å². The summed E-state index contributed by atoms with van der Waals surface area (Å²) in [6, 6.07) is 0. The average molecular weight is 156 g/mol. The summed E-state index contributed by atoms with van der Waals surface area (Å²) in [6.45, 7) is 4.36. The molecule has 0 bridgehead atoms. The van der Waals surface area contributed by atoms with Crippen molar-refractivity contribution in [2.45, 2.75) is 33.1 Å². The summed E-state index contributed by atoms with van der Waals surface area (Å²) < 4.78 is 0. The van der Waals surface area contributed by atoms with Gasteiger partial charge in [0.15, 0.2) is 0 Å². The Kier molecular flexibility index (Phi) is 2.53. The molecule has 2 nitrogen and oxygen atoms in total. The van der Waals surface area contributed by atoms with E-state index in [4.69, 9.17) is 5.11 Å². The quantitative estimate of drug-likeness (QED) is 0.631. The van der Waals surface area contributed by atoms with E-state index >= 15 is 0 Å². The Morgan fingerprint density at radius 1 is 1.27 bits per heavy atom. The molecule has 0 aromatic rings.